The summed E-state index contributed by atoms with van der Waals surface area (Å²) in [6.07, 6.45) is 3.23. The molecule has 2 aliphatic heterocycles. The summed E-state index contributed by atoms with van der Waals surface area (Å²) in [4.78, 5) is 16.3. The molecule has 0 spiro atoms. The summed E-state index contributed by atoms with van der Waals surface area (Å²) in [6, 6.07) is 10.5. The molecule has 3 heterocycles. The normalized spacial score (nSPS) is 19.8. The molecule has 1 aromatic heterocycles. The van der Waals surface area contributed by atoms with Crippen LogP contribution in [0, 0.1) is 0 Å². The number of benzene rings is 2. The van der Waals surface area contributed by atoms with Gasteiger partial charge in [-0.1, -0.05) is 0 Å². The second-order valence-electron chi connectivity index (χ2n) is 8.19. The van der Waals surface area contributed by atoms with Crippen molar-refractivity contribution in [1.29, 1.82) is 0 Å². The number of hydrogen-bond acceptors (Lipinski definition) is 8. The monoisotopic (exact) mass is 466 g/mol. The molecule has 0 radical (unpaired) electrons. The van der Waals surface area contributed by atoms with Crippen molar-refractivity contribution in [2.24, 2.45) is 5.73 Å². The van der Waals surface area contributed by atoms with E-state index in [-0.39, 0.29) is 17.8 Å². The van der Waals surface area contributed by atoms with Crippen molar-refractivity contribution in [3.63, 3.8) is 0 Å². The molecule has 2 aromatic carbocycles. The zero-order chi connectivity index (χ0) is 23.5. The summed E-state index contributed by atoms with van der Waals surface area (Å²) in [7, 11) is 1.48. The zero-order valence-electron chi connectivity index (χ0n) is 18.8. The minimum Gasteiger partial charge on any atom is -0.496 e. The van der Waals surface area contributed by atoms with Gasteiger partial charge in [0, 0.05) is 48.7 Å². The van der Waals surface area contributed by atoms with Gasteiger partial charge in [-0.2, -0.15) is 0 Å². The van der Waals surface area contributed by atoms with Crippen LogP contribution in [-0.2, 0) is 9.47 Å². The fourth-order valence-electron chi connectivity index (χ4n) is 4.06. The Morgan fingerprint density at radius 3 is 2.15 bits per heavy atom. The van der Waals surface area contributed by atoms with Crippen LogP contribution in [0.5, 0.6) is 28.7 Å². The Bertz CT molecular complexity index is 1150. The summed E-state index contributed by atoms with van der Waals surface area (Å²) >= 11 is 0. The number of pyridine rings is 1. The fraction of sp³-hybridized carbons (Fsp3) is 0.360. The van der Waals surface area contributed by atoms with Gasteiger partial charge in [0.05, 0.1) is 44.6 Å². The number of ether oxygens (including phenoxy) is 6. The molecule has 178 valence electrons. The molecule has 3 aromatic rings. The highest BCUT2D eigenvalue weighted by molar-refractivity contribution is 6.01. The average Bonchev–Trinajstić information content (AvgIpc) is 3.53. The van der Waals surface area contributed by atoms with Crippen LogP contribution in [0.15, 0.2) is 42.6 Å². The van der Waals surface area contributed by atoms with Crippen molar-refractivity contribution in [2.45, 2.75) is 25.0 Å². The maximum Gasteiger partial charge on any atom is 0.252 e. The van der Waals surface area contributed by atoms with Crippen molar-refractivity contribution in [3.05, 3.63) is 48.2 Å². The van der Waals surface area contributed by atoms with E-state index >= 15 is 0 Å². The number of rotatable bonds is 8. The van der Waals surface area contributed by atoms with Crippen molar-refractivity contribution in [2.75, 3.05) is 33.5 Å². The standard InChI is InChI=1S/C25H26N2O7/c1-29-24-12-22-20(11-21(24)25(26)28)23(2-5-27-22)34-19-9-17(32-15-3-6-30-13-15)8-18(10-19)33-16-4-7-31-14-16/h2,5,8-12,15-16H,3-4,6-7,13-14H2,1H3,(H2,26,28). The van der Waals surface area contributed by atoms with Crippen LogP contribution < -0.4 is 24.7 Å². The number of nitrogens with zero attached hydrogens (tertiary/aromatic N) is 1. The van der Waals surface area contributed by atoms with Crippen LogP contribution in [0.4, 0.5) is 0 Å². The van der Waals surface area contributed by atoms with E-state index in [1.54, 1.807) is 36.5 Å². The number of amides is 1. The summed E-state index contributed by atoms with van der Waals surface area (Å²) in [5.41, 5.74) is 6.40. The minimum atomic E-state index is -0.600. The van der Waals surface area contributed by atoms with Gasteiger partial charge in [-0.25, -0.2) is 0 Å². The minimum absolute atomic E-state index is 0.0229. The Hall–Kier alpha value is -3.56. The zero-order valence-corrected chi connectivity index (χ0v) is 18.8. The number of carbonyl (C=O) groups excluding carboxylic acids is 1. The number of carbonyl (C=O) groups is 1. The van der Waals surface area contributed by atoms with Gasteiger partial charge in [-0.15, -0.1) is 0 Å². The molecule has 2 fully saturated rings. The number of hydrogen-bond donors (Lipinski definition) is 1. The van der Waals surface area contributed by atoms with Crippen molar-refractivity contribution < 1.29 is 33.2 Å². The van der Waals surface area contributed by atoms with E-state index in [9.17, 15) is 4.79 Å². The SMILES string of the molecule is COc1cc2nccc(Oc3cc(OC4CCOC4)cc(OC4CCOC4)c3)c2cc1C(N)=O. The molecule has 0 aliphatic carbocycles. The van der Waals surface area contributed by atoms with Gasteiger partial charge >= 0.3 is 0 Å². The van der Waals surface area contributed by atoms with E-state index in [0.717, 1.165) is 12.8 Å². The van der Waals surface area contributed by atoms with E-state index in [4.69, 9.17) is 34.2 Å². The lowest BCUT2D eigenvalue weighted by molar-refractivity contribution is 0.0997. The molecule has 5 rings (SSSR count). The Kier molecular flexibility index (Phi) is 6.37. The highest BCUT2D eigenvalue weighted by Gasteiger charge is 2.21. The first-order valence-corrected chi connectivity index (χ1v) is 11.2. The lowest BCUT2D eigenvalue weighted by Crippen LogP contribution is -2.17. The topological polar surface area (TPSA) is 111 Å². The Balaban J connectivity index is 1.49. The Morgan fingerprint density at radius 1 is 0.941 bits per heavy atom. The Labute approximate surface area is 196 Å². The molecule has 0 saturated carbocycles. The predicted octanol–water partition coefficient (Wildman–Crippen LogP) is 3.47. The third-order valence-corrected chi connectivity index (χ3v) is 5.75. The molecule has 1 amide bonds. The summed E-state index contributed by atoms with van der Waals surface area (Å²) < 4.78 is 34.7. The molecular formula is C25H26N2O7. The van der Waals surface area contributed by atoms with Gasteiger partial charge in [0.1, 0.15) is 41.0 Å². The van der Waals surface area contributed by atoms with E-state index in [2.05, 4.69) is 4.98 Å². The van der Waals surface area contributed by atoms with Crippen LogP contribution >= 0.6 is 0 Å². The van der Waals surface area contributed by atoms with Gasteiger partial charge in [0.2, 0.25) is 0 Å². The lowest BCUT2D eigenvalue weighted by atomic mass is 10.1. The third kappa shape index (κ3) is 4.85. The van der Waals surface area contributed by atoms with Gasteiger partial charge in [-0.3, -0.25) is 9.78 Å². The van der Waals surface area contributed by atoms with Gasteiger partial charge < -0.3 is 34.2 Å². The van der Waals surface area contributed by atoms with Gasteiger partial charge in [-0.05, 0) is 12.1 Å². The molecular weight excluding hydrogens is 440 g/mol. The smallest absolute Gasteiger partial charge is 0.252 e. The third-order valence-electron chi connectivity index (χ3n) is 5.75. The van der Waals surface area contributed by atoms with Crippen LogP contribution in [0.2, 0.25) is 0 Å². The highest BCUT2D eigenvalue weighted by Crippen LogP contribution is 2.37. The maximum atomic E-state index is 11.9. The first kappa shape index (κ1) is 22.2. The molecule has 2 N–H and O–H groups in total. The summed E-state index contributed by atoms with van der Waals surface area (Å²) in [5.74, 6) is 2.03. The van der Waals surface area contributed by atoms with E-state index in [0.29, 0.717) is 66.1 Å². The summed E-state index contributed by atoms with van der Waals surface area (Å²) in [6.45, 7) is 2.45. The van der Waals surface area contributed by atoms with Gasteiger partial charge in [0.15, 0.2) is 0 Å². The molecule has 9 nitrogen and oxygen atoms in total. The first-order valence-electron chi connectivity index (χ1n) is 11.2. The number of primary amides is 1. The second kappa shape index (κ2) is 9.74. The van der Waals surface area contributed by atoms with E-state index < -0.39 is 5.91 Å². The molecule has 34 heavy (non-hydrogen) atoms. The molecule has 0 bridgehead atoms. The quantitative estimate of drug-likeness (QED) is 0.537. The predicted molar refractivity (Wildman–Crippen MR) is 123 cm³/mol. The van der Waals surface area contributed by atoms with E-state index in [1.165, 1.54) is 7.11 Å². The van der Waals surface area contributed by atoms with E-state index in [1.807, 2.05) is 6.07 Å². The largest absolute Gasteiger partial charge is 0.496 e. The van der Waals surface area contributed by atoms with Crippen molar-refractivity contribution >= 4 is 16.8 Å². The molecule has 2 saturated heterocycles. The first-order chi connectivity index (χ1) is 16.6. The van der Waals surface area contributed by atoms with Crippen molar-refractivity contribution in [3.8, 4) is 28.7 Å². The lowest BCUT2D eigenvalue weighted by Gasteiger charge is -2.18. The van der Waals surface area contributed by atoms with Crippen LogP contribution in [0.1, 0.15) is 23.2 Å². The Morgan fingerprint density at radius 2 is 1.59 bits per heavy atom. The number of nitrogens with two attached hydrogens (primary N) is 1. The van der Waals surface area contributed by atoms with Crippen LogP contribution in [0.3, 0.4) is 0 Å². The number of aromatic nitrogens is 1. The van der Waals surface area contributed by atoms with Crippen LogP contribution in [-0.4, -0.2) is 56.6 Å². The van der Waals surface area contributed by atoms with Gasteiger partial charge in [0.25, 0.3) is 5.91 Å². The number of fused-ring (bicyclic) bond motifs is 1. The molecule has 9 heteroatoms. The van der Waals surface area contributed by atoms with Crippen molar-refractivity contribution in [1.82, 2.24) is 4.98 Å². The fourth-order valence-corrected chi connectivity index (χ4v) is 4.06. The maximum absolute atomic E-state index is 11.9. The highest BCUT2D eigenvalue weighted by atomic mass is 16.6. The average molecular weight is 466 g/mol. The molecule has 2 atom stereocenters. The molecule has 2 unspecified atom stereocenters. The second-order valence-corrected chi connectivity index (χ2v) is 8.19. The summed E-state index contributed by atoms with van der Waals surface area (Å²) in [5, 5.41) is 0.624. The number of methoxy groups -OCH3 is 1. The van der Waals surface area contributed by atoms with Crippen LogP contribution in [0.25, 0.3) is 10.9 Å². The molecule has 2 aliphatic rings.